The van der Waals surface area contributed by atoms with Crippen LogP contribution in [0.15, 0.2) is 29.3 Å². The molecule has 8 heteroatoms. The second kappa shape index (κ2) is 13.4. The second-order valence-electron chi connectivity index (χ2n) is 8.38. The zero-order chi connectivity index (χ0) is 21.3. The van der Waals surface area contributed by atoms with E-state index in [1.807, 2.05) is 19.2 Å². The smallest absolute Gasteiger partial charge is 0.191 e. The van der Waals surface area contributed by atoms with Crippen LogP contribution in [0.2, 0.25) is 0 Å². The lowest BCUT2D eigenvalue weighted by molar-refractivity contribution is 0.0170. The predicted molar refractivity (Wildman–Crippen MR) is 138 cm³/mol. The Hall–Kier alpha value is -1.10. The molecule has 1 saturated heterocycles. The highest BCUT2D eigenvalue weighted by Gasteiger charge is 2.30. The molecule has 0 bridgehead atoms. The van der Waals surface area contributed by atoms with Crippen LogP contribution in [0.25, 0.3) is 0 Å². The van der Waals surface area contributed by atoms with E-state index in [1.54, 1.807) is 7.11 Å². The van der Waals surface area contributed by atoms with Crippen molar-refractivity contribution < 1.29 is 9.47 Å². The monoisotopic (exact) mass is 545 g/mol. The number of nitrogens with one attached hydrogen (secondary N) is 2. The summed E-state index contributed by atoms with van der Waals surface area (Å²) in [4.78, 5) is 9.52. The van der Waals surface area contributed by atoms with Gasteiger partial charge in [-0.05, 0) is 44.4 Å². The Labute approximate surface area is 205 Å². The van der Waals surface area contributed by atoms with Gasteiger partial charge in [0.25, 0.3) is 0 Å². The molecule has 1 aromatic rings. The van der Waals surface area contributed by atoms with Crippen molar-refractivity contribution in [3.05, 3.63) is 29.8 Å². The lowest BCUT2D eigenvalue weighted by atomic mass is 10.0. The number of aliphatic imine (C=N–C) groups is 1. The summed E-state index contributed by atoms with van der Waals surface area (Å²) in [5.41, 5.74) is 1.28. The van der Waals surface area contributed by atoms with Gasteiger partial charge in [0.15, 0.2) is 5.96 Å². The van der Waals surface area contributed by atoms with Gasteiger partial charge in [0.2, 0.25) is 0 Å². The van der Waals surface area contributed by atoms with Crippen LogP contribution in [-0.4, -0.2) is 87.9 Å². The van der Waals surface area contributed by atoms with E-state index >= 15 is 0 Å². The fourth-order valence-corrected chi connectivity index (χ4v) is 4.16. The zero-order valence-corrected chi connectivity index (χ0v) is 21.8. The number of hydrogen-bond acceptors (Lipinski definition) is 5. The minimum atomic E-state index is 0. The summed E-state index contributed by atoms with van der Waals surface area (Å²) >= 11 is 0. The van der Waals surface area contributed by atoms with Gasteiger partial charge in [0.1, 0.15) is 5.75 Å². The van der Waals surface area contributed by atoms with Gasteiger partial charge in [-0.2, -0.15) is 0 Å². The molecule has 0 spiro atoms. The first-order chi connectivity index (χ1) is 14.6. The molecule has 2 N–H and O–H groups in total. The van der Waals surface area contributed by atoms with Crippen molar-refractivity contribution in [1.29, 1.82) is 0 Å². The van der Waals surface area contributed by atoms with Gasteiger partial charge in [0.05, 0.1) is 26.4 Å². The van der Waals surface area contributed by atoms with E-state index in [0.717, 1.165) is 63.7 Å². The third-order valence-electron chi connectivity index (χ3n) is 6.02. The van der Waals surface area contributed by atoms with Gasteiger partial charge in [-0.3, -0.25) is 14.8 Å². The quantitative estimate of drug-likeness (QED) is 0.268. The highest BCUT2D eigenvalue weighted by Crippen LogP contribution is 2.28. The van der Waals surface area contributed by atoms with Crippen molar-refractivity contribution in [2.75, 3.05) is 60.1 Å². The van der Waals surface area contributed by atoms with Gasteiger partial charge in [-0.15, -0.1) is 24.0 Å². The van der Waals surface area contributed by atoms with Gasteiger partial charge in [-0.25, -0.2) is 0 Å². The Morgan fingerprint density at radius 3 is 2.42 bits per heavy atom. The van der Waals surface area contributed by atoms with Gasteiger partial charge in [0, 0.05) is 51.9 Å². The molecule has 1 aromatic carbocycles. The van der Waals surface area contributed by atoms with Crippen molar-refractivity contribution in [3.8, 4) is 5.75 Å². The largest absolute Gasteiger partial charge is 0.497 e. The number of guanidine groups is 1. The van der Waals surface area contributed by atoms with Crippen molar-refractivity contribution in [2.45, 2.75) is 44.8 Å². The normalized spacial score (nSPS) is 18.6. The SMILES string of the molecule is CN=C(NCCN(C(C)C)C1CC1)NCC(c1ccc(OC)cc1)N1CCOCC1.I. The van der Waals surface area contributed by atoms with Crippen LogP contribution in [0.5, 0.6) is 5.75 Å². The number of morpholine rings is 1. The van der Waals surface area contributed by atoms with Crippen molar-refractivity contribution in [1.82, 2.24) is 20.4 Å². The fraction of sp³-hybridized carbons (Fsp3) is 0.696. The minimum Gasteiger partial charge on any atom is -0.497 e. The summed E-state index contributed by atoms with van der Waals surface area (Å²) in [5, 5.41) is 7.05. The summed E-state index contributed by atoms with van der Waals surface area (Å²) in [7, 11) is 3.54. The predicted octanol–water partition coefficient (Wildman–Crippen LogP) is 2.72. The van der Waals surface area contributed by atoms with E-state index < -0.39 is 0 Å². The Morgan fingerprint density at radius 2 is 1.87 bits per heavy atom. The van der Waals surface area contributed by atoms with E-state index in [-0.39, 0.29) is 30.0 Å². The molecular weight excluding hydrogens is 505 g/mol. The molecule has 176 valence electrons. The van der Waals surface area contributed by atoms with Crippen LogP contribution in [0, 0.1) is 0 Å². The maximum absolute atomic E-state index is 5.57. The van der Waals surface area contributed by atoms with E-state index in [9.17, 15) is 0 Å². The minimum absolute atomic E-state index is 0. The number of benzene rings is 1. The molecule has 7 nitrogen and oxygen atoms in total. The lowest BCUT2D eigenvalue weighted by Gasteiger charge is -2.35. The number of nitrogens with zero attached hydrogens (tertiary/aromatic N) is 3. The number of rotatable bonds is 10. The molecule has 1 aliphatic carbocycles. The van der Waals surface area contributed by atoms with Gasteiger partial charge < -0.3 is 20.1 Å². The maximum Gasteiger partial charge on any atom is 0.191 e. The maximum atomic E-state index is 5.57. The van der Waals surface area contributed by atoms with E-state index in [0.29, 0.717) is 6.04 Å². The molecule has 0 amide bonds. The molecule has 31 heavy (non-hydrogen) atoms. The fourth-order valence-electron chi connectivity index (χ4n) is 4.16. The summed E-state index contributed by atoms with van der Waals surface area (Å²) in [6.45, 7) is 10.8. The summed E-state index contributed by atoms with van der Waals surface area (Å²) in [6.07, 6.45) is 2.68. The van der Waals surface area contributed by atoms with Crippen LogP contribution in [0.4, 0.5) is 0 Å². The molecule has 0 aromatic heterocycles. The molecule has 1 atom stereocenters. The first-order valence-corrected chi connectivity index (χ1v) is 11.3. The highest BCUT2D eigenvalue weighted by atomic mass is 127. The molecular formula is C23H40IN5O2. The Morgan fingerprint density at radius 1 is 1.19 bits per heavy atom. The van der Waals surface area contributed by atoms with E-state index in [1.165, 1.54) is 18.4 Å². The van der Waals surface area contributed by atoms with Crippen LogP contribution in [0.1, 0.15) is 38.3 Å². The van der Waals surface area contributed by atoms with Crippen LogP contribution < -0.4 is 15.4 Å². The highest BCUT2D eigenvalue weighted by molar-refractivity contribution is 14.0. The van der Waals surface area contributed by atoms with Crippen LogP contribution in [-0.2, 0) is 4.74 Å². The zero-order valence-electron chi connectivity index (χ0n) is 19.5. The topological polar surface area (TPSA) is 61.4 Å². The summed E-state index contributed by atoms with van der Waals surface area (Å²) in [6, 6.07) is 10.0. The first-order valence-electron chi connectivity index (χ1n) is 11.3. The number of halogens is 1. The van der Waals surface area contributed by atoms with Gasteiger partial charge in [-0.1, -0.05) is 12.1 Å². The van der Waals surface area contributed by atoms with Crippen LogP contribution >= 0.6 is 24.0 Å². The number of ether oxygens (including phenoxy) is 2. The molecule has 1 heterocycles. The van der Waals surface area contributed by atoms with E-state index in [4.69, 9.17) is 9.47 Å². The number of hydrogen-bond donors (Lipinski definition) is 2. The molecule has 1 unspecified atom stereocenters. The third-order valence-corrected chi connectivity index (χ3v) is 6.02. The number of methoxy groups -OCH3 is 1. The summed E-state index contributed by atoms with van der Waals surface area (Å²) in [5.74, 6) is 1.75. The molecule has 2 fully saturated rings. The molecule has 3 rings (SSSR count). The summed E-state index contributed by atoms with van der Waals surface area (Å²) < 4.78 is 10.9. The molecule has 2 aliphatic rings. The van der Waals surface area contributed by atoms with Crippen molar-refractivity contribution >= 4 is 29.9 Å². The average Bonchev–Trinajstić information content (AvgIpc) is 3.61. The Balaban J connectivity index is 0.00000341. The lowest BCUT2D eigenvalue weighted by Crippen LogP contribution is -2.47. The van der Waals surface area contributed by atoms with Gasteiger partial charge >= 0.3 is 0 Å². The van der Waals surface area contributed by atoms with E-state index in [2.05, 4.69) is 51.4 Å². The van der Waals surface area contributed by atoms with Crippen LogP contribution in [0.3, 0.4) is 0 Å². The Bertz CT molecular complexity index is 658. The molecule has 0 radical (unpaired) electrons. The molecule has 1 saturated carbocycles. The standard InChI is InChI=1S/C23H39N5O2.HI/c1-18(2)28(20-7-8-20)12-11-25-23(24-3)26-17-22(27-13-15-30-16-14-27)19-5-9-21(29-4)10-6-19;/h5-6,9-10,18,20,22H,7-8,11-17H2,1-4H3,(H2,24,25,26);1H. The second-order valence-corrected chi connectivity index (χ2v) is 8.38. The van der Waals surface area contributed by atoms with Crippen molar-refractivity contribution in [3.63, 3.8) is 0 Å². The Kier molecular flexibility index (Phi) is 11.3. The average molecular weight is 546 g/mol. The first kappa shape index (κ1) is 26.2. The molecule has 1 aliphatic heterocycles. The van der Waals surface area contributed by atoms with Crippen molar-refractivity contribution in [2.24, 2.45) is 4.99 Å². The third kappa shape index (κ3) is 8.07.